The van der Waals surface area contributed by atoms with Crippen LogP contribution in [-0.2, 0) is 9.53 Å². The Kier molecular flexibility index (Phi) is 4.85. The van der Waals surface area contributed by atoms with Crippen molar-refractivity contribution in [3.63, 3.8) is 0 Å². The van der Waals surface area contributed by atoms with E-state index in [9.17, 15) is 9.90 Å². The highest BCUT2D eigenvalue weighted by Gasteiger charge is 2.40. The summed E-state index contributed by atoms with van der Waals surface area (Å²) in [5.41, 5.74) is -1.44. The molecule has 0 aliphatic rings. The average molecular weight is 200 g/mol. The van der Waals surface area contributed by atoms with Gasteiger partial charge in [-0.1, -0.05) is 19.9 Å². The van der Waals surface area contributed by atoms with Crippen LogP contribution in [0.15, 0.2) is 12.7 Å². The highest BCUT2D eigenvalue weighted by Crippen LogP contribution is 2.23. The molecule has 0 saturated carbocycles. The van der Waals surface area contributed by atoms with Crippen LogP contribution in [-0.4, -0.2) is 22.8 Å². The van der Waals surface area contributed by atoms with E-state index in [-0.39, 0.29) is 18.4 Å². The molecule has 0 saturated heterocycles. The highest BCUT2D eigenvalue weighted by molar-refractivity contribution is 5.80. The molecule has 0 rings (SSSR count). The van der Waals surface area contributed by atoms with Gasteiger partial charge >= 0.3 is 5.97 Å². The van der Waals surface area contributed by atoms with E-state index in [0.717, 1.165) is 0 Å². The molecule has 3 nitrogen and oxygen atoms in total. The third-order valence-electron chi connectivity index (χ3n) is 2.11. The fourth-order valence-corrected chi connectivity index (χ4v) is 1.09. The Morgan fingerprint density at radius 1 is 1.50 bits per heavy atom. The van der Waals surface area contributed by atoms with Crippen molar-refractivity contribution in [3.05, 3.63) is 12.7 Å². The molecule has 0 aromatic rings. The zero-order valence-electron chi connectivity index (χ0n) is 9.41. The molecular formula is C11H20O3. The lowest BCUT2D eigenvalue weighted by Gasteiger charge is -2.29. The molecule has 3 heteroatoms. The minimum atomic E-state index is -1.44. The number of hydrogen-bond acceptors (Lipinski definition) is 3. The zero-order valence-corrected chi connectivity index (χ0v) is 9.41. The topological polar surface area (TPSA) is 46.5 Å². The summed E-state index contributed by atoms with van der Waals surface area (Å²) in [5, 5.41) is 10.1. The van der Waals surface area contributed by atoms with Gasteiger partial charge in [-0.25, -0.2) is 4.79 Å². The molecule has 1 atom stereocenters. The summed E-state index contributed by atoms with van der Waals surface area (Å²) in [6.07, 6.45) is 1.54. The van der Waals surface area contributed by atoms with E-state index in [2.05, 4.69) is 6.58 Å². The van der Waals surface area contributed by atoms with Crippen molar-refractivity contribution in [1.82, 2.24) is 0 Å². The van der Waals surface area contributed by atoms with Gasteiger partial charge in [0, 0.05) is 6.42 Å². The van der Waals surface area contributed by atoms with Crippen molar-refractivity contribution < 1.29 is 14.6 Å². The second-order valence-corrected chi connectivity index (χ2v) is 4.03. The number of ether oxygens (including phenoxy) is 1. The largest absolute Gasteiger partial charge is 0.461 e. The molecular weight excluding hydrogens is 180 g/mol. The van der Waals surface area contributed by atoms with Crippen LogP contribution in [0.1, 0.15) is 34.1 Å². The van der Waals surface area contributed by atoms with E-state index in [1.807, 2.05) is 0 Å². The van der Waals surface area contributed by atoms with E-state index >= 15 is 0 Å². The minimum Gasteiger partial charge on any atom is -0.461 e. The van der Waals surface area contributed by atoms with Crippen LogP contribution in [0.3, 0.4) is 0 Å². The van der Waals surface area contributed by atoms with E-state index in [0.29, 0.717) is 0 Å². The van der Waals surface area contributed by atoms with Gasteiger partial charge in [-0.2, -0.15) is 0 Å². The van der Waals surface area contributed by atoms with Crippen molar-refractivity contribution in [2.75, 3.05) is 0 Å². The standard InChI is InChI=1S/C11H20O3/c1-6-7-11(13,8(2)3)10(12)14-9(4)5/h6,8-9,13H,1,7H2,2-5H3. The molecule has 82 valence electrons. The highest BCUT2D eigenvalue weighted by atomic mass is 16.6. The third kappa shape index (κ3) is 3.14. The molecule has 0 radical (unpaired) electrons. The van der Waals surface area contributed by atoms with Gasteiger partial charge in [0.25, 0.3) is 0 Å². The Labute approximate surface area is 85.8 Å². The monoisotopic (exact) mass is 200 g/mol. The molecule has 0 aromatic heterocycles. The van der Waals surface area contributed by atoms with Crippen LogP contribution >= 0.6 is 0 Å². The van der Waals surface area contributed by atoms with Crippen LogP contribution in [0, 0.1) is 5.92 Å². The Morgan fingerprint density at radius 2 is 2.00 bits per heavy atom. The predicted molar refractivity (Wildman–Crippen MR) is 55.8 cm³/mol. The van der Waals surface area contributed by atoms with Gasteiger partial charge in [0.15, 0.2) is 5.60 Å². The van der Waals surface area contributed by atoms with E-state index in [1.165, 1.54) is 6.08 Å². The SMILES string of the molecule is C=CCC(O)(C(=O)OC(C)C)C(C)C. The molecule has 0 spiro atoms. The summed E-state index contributed by atoms with van der Waals surface area (Å²) >= 11 is 0. The van der Waals surface area contributed by atoms with Gasteiger partial charge in [-0.05, 0) is 19.8 Å². The van der Waals surface area contributed by atoms with Gasteiger partial charge in [-0.3, -0.25) is 0 Å². The summed E-state index contributed by atoms with van der Waals surface area (Å²) in [6, 6.07) is 0. The lowest BCUT2D eigenvalue weighted by molar-refractivity contribution is -0.174. The maximum atomic E-state index is 11.6. The first kappa shape index (κ1) is 13.2. The second-order valence-electron chi connectivity index (χ2n) is 4.03. The summed E-state index contributed by atoms with van der Waals surface area (Å²) in [7, 11) is 0. The summed E-state index contributed by atoms with van der Waals surface area (Å²) in [4.78, 5) is 11.6. The molecule has 0 heterocycles. The first-order valence-corrected chi connectivity index (χ1v) is 4.89. The fraction of sp³-hybridized carbons (Fsp3) is 0.727. The van der Waals surface area contributed by atoms with Gasteiger partial charge in [0.05, 0.1) is 6.10 Å². The maximum Gasteiger partial charge on any atom is 0.338 e. The molecule has 0 fully saturated rings. The van der Waals surface area contributed by atoms with Crippen LogP contribution in [0.4, 0.5) is 0 Å². The van der Waals surface area contributed by atoms with Gasteiger partial charge < -0.3 is 9.84 Å². The number of hydrogen-bond donors (Lipinski definition) is 1. The van der Waals surface area contributed by atoms with Crippen molar-refractivity contribution >= 4 is 5.97 Å². The molecule has 1 unspecified atom stereocenters. The summed E-state index contributed by atoms with van der Waals surface area (Å²) in [5.74, 6) is -0.755. The first-order chi connectivity index (χ1) is 6.34. The Hall–Kier alpha value is -0.830. The van der Waals surface area contributed by atoms with Crippen molar-refractivity contribution in [3.8, 4) is 0 Å². The second kappa shape index (κ2) is 5.15. The molecule has 1 N–H and O–H groups in total. The van der Waals surface area contributed by atoms with Crippen LogP contribution in [0.2, 0.25) is 0 Å². The summed E-state index contributed by atoms with van der Waals surface area (Å²) in [6.45, 7) is 10.6. The summed E-state index contributed by atoms with van der Waals surface area (Å²) < 4.78 is 4.99. The van der Waals surface area contributed by atoms with Crippen LogP contribution in [0.5, 0.6) is 0 Å². The fourth-order valence-electron chi connectivity index (χ4n) is 1.09. The maximum absolute atomic E-state index is 11.6. The lowest BCUT2D eigenvalue weighted by atomic mass is 9.87. The van der Waals surface area contributed by atoms with Gasteiger partial charge in [0.1, 0.15) is 0 Å². The number of aliphatic hydroxyl groups is 1. The lowest BCUT2D eigenvalue weighted by Crippen LogP contribution is -2.45. The van der Waals surface area contributed by atoms with E-state index in [4.69, 9.17) is 4.74 Å². The average Bonchev–Trinajstić information content (AvgIpc) is 2.02. The quantitative estimate of drug-likeness (QED) is 0.544. The Morgan fingerprint density at radius 3 is 2.29 bits per heavy atom. The van der Waals surface area contributed by atoms with Gasteiger partial charge in [0.2, 0.25) is 0 Å². The third-order valence-corrected chi connectivity index (χ3v) is 2.11. The minimum absolute atomic E-state index is 0.188. The van der Waals surface area contributed by atoms with Crippen LogP contribution < -0.4 is 0 Å². The van der Waals surface area contributed by atoms with E-state index < -0.39 is 11.6 Å². The van der Waals surface area contributed by atoms with E-state index in [1.54, 1.807) is 27.7 Å². The van der Waals surface area contributed by atoms with Crippen molar-refractivity contribution in [1.29, 1.82) is 0 Å². The number of esters is 1. The van der Waals surface area contributed by atoms with Gasteiger partial charge in [-0.15, -0.1) is 6.58 Å². The molecule has 14 heavy (non-hydrogen) atoms. The number of carbonyl (C=O) groups is 1. The molecule has 0 aromatic carbocycles. The molecule has 0 aliphatic heterocycles. The zero-order chi connectivity index (χ0) is 11.4. The predicted octanol–water partition coefficient (Wildman–Crippen LogP) is 1.90. The molecule has 0 bridgehead atoms. The smallest absolute Gasteiger partial charge is 0.338 e. The van der Waals surface area contributed by atoms with Crippen molar-refractivity contribution in [2.45, 2.75) is 45.8 Å². The molecule has 0 amide bonds. The number of carbonyl (C=O) groups excluding carboxylic acids is 1. The molecule has 0 aliphatic carbocycles. The Bertz CT molecular complexity index is 209. The van der Waals surface area contributed by atoms with Crippen molar-refractivity contribution in [2.24, 2.45) is 5.92 Å². The first-order valence-electron chi connectivity index (χ1n) is 4.89. The van der Waals surface area contributed by atoms with Crippen LogP contribution in [0.25, 0.3) is 0 Å². The Balaban J connectivity index is 4.64. The number of rotatable bonds is 5. The normalized spacial score (nSPS) is 15.4.